The van der Waals surface area contributed by atoms with E-state index in [0.717, 1.165) is 0 Å². The Morgan fingerprint density at radius 2 is 1.72 bits per heavy atom. The molecule has 0 aliphatic rings. The Kier molecular flexibility index (Phi) is 7.36. The third-order valence-corrected chi connectivity index (χ3v) is 4.33. The Labute approximate surface area is 170 Å². The minimum Gasteiger partial charge on any atom is -0.497 e. The average molecular weight is 398 g/mol. The predicted octanol–water partition coefficient (Wildman–Crippen LogP) is 3.54. The largest absolute Gasteiger partial charge is 0.497 e. The maximum atomic E-state index is 12.6. The fourth-order valence-electron chi connectivity index (χ4n) is 2.82. The van der Waals surface area contributed by atoms with Gasteiger partial charge in [0, 0.05) is 17.7 Å². The molecule has 7 nitrogen and oxygen atoms in total. The summed E-state index contributed by atoms with van der Waals surface area (Å²) in [7, 11) is 1.52. The minimum atomic E-state index is -1.20. The second-order valence-corrected chi connectivity index (χ2v) is 7.19. The molecular weight excluding hydrogens is 372 g/mol. The zero-order chi connectivity index (χ0) is 21.6. The molecule has 1 unspecified atom stereocenters. The highest BCUT2D eigenvalue weighted by molar-refractivity contribution is 5.98. The molecule has 2 amide bonds. The molecule has 7 heteroatoms. The molecule has 154 valence electrons. The van der Waals surface area contributed by atoms with Crippen LogP contribution in [0.5, 0.6) is 5.75 Å². The number of nitrogens with one attached hydrogen (secondary N) is 2. The van der Waals surface area contributed by atoms with Crippen LogP contribution in [0.15, 0.2) is 42.5 Å². The number of aryl methyl sites for hydroxylation is 1. The fraction of sp³-hybridized carbons (Fsp3) is 0.318. The van der Waals surface area contributed by atoms with Crippen LogP contribution in [-0.4, -0.2) is 30.0 Å². The van der Waals surface area contributed by atoms with Gasteiger partial charge in [-0.1, -0.05) is 26.0 Å². The molecule has 0 saturated heterocycles. The van der Waals surface area contributed by atoms with Crippen LogP contribution < -0.4 is 15.4 Å². The van der Waals surface area contributed by atoms with E-state index in [1.54, 1.807) is 49.4 Å². The molecule has 0 spiro atoms. The molecule has 0 aliphatic carbocycles. The van der Waals surface area contributed by atoms with Gasteiger partial charge < -0.3 is 20.5 Å². The maximum Gasteiger partial charge on any atom is 0.330 e. The molecule has 2 rings (SSSR count). The van der Waals surface area contributed by atoms with Crippen molar-refractivity contribution in [2.45, 2.75) is 33.2 Å². The standard InChI is InChI=1S/C22H26N2O5/c1-13(2)11-19(25)23-18-10-7-16(12-14(18)3)21(26)24-20(22(27)28)15-5-8-17(29-4)9-6-15/h5-10,12-13,20H,11H2,1-4H3,(H,23,25)(H,24,26)(H,27,28). The number of ether oxygens (including phenoxy) is 1. The van der Waals surface area contributed by atoms with Crippen molar-refractivity contribution in [3.63, 3.8) is 0 Å². The fourth-order valence-corrected chi connectivity index (χ4v) is 2.82. The summed E-state index contributed by atoms with van der Waals surface area (Å²) in [5.41, 5.74) is 2.08. The molecule has 0 aliphatic heterocycles. The molecule has 0 saturated carbocycles. The summed E-state index contributed by atoms with van der Waals surface area (Å²) in [6.45, 7) is 5.70. The molecule has 0 heterocycles. The Bertz CT molecular complexity index is 891. The zero-order valence-electron chi connectivity index (χ0n) is 17.0. The summed E-state index contributed by atoms with van der Waals surface area (Å²) >= 11 is 0. The normalized spacial score (nSPS) is 11.6. The van der Waals surface area contributed by atoms with Crippen molar-refractivity contribution >= 4 is 23.5 Å². The minimum absolute atomic E-state index is 0.0919. The number of carbonyl (C=O) groups excluding carboxylic acids is 2. The highest BCUT2D eigenvalue weighted by Crippen LogP contribution is 2.21. The first-order chi connectivity index (χ1) is 13.7. The number of carbonyl (C=O) groups is 3. The van der Waals surface area contributed by atoms with Crippen LogP contribution in [0, 0.1) is 12.8 Å². The third-order valence-electron chi connectivity index (χ3n) is 4.33. The lowest BCUT2D eigenvalue weighted by atomic mass is 10.0. The lowest BCUT2D eigenvalue weighted by Crippen LogP contribution is -2.33. The van der Waals surface area contributed by atoms with Gasteiger partial charge >= 0.3 is 5.97 Å². The molecule has 0 radical (unpaired) electrons. The van der Waals surface area contributed by atoms with E-state index in [1.807, 2.05) is 13.8 Å². The van der Waals surface area contributed by atoms with E-state index in [2.05, 4.69) is 10.6 Å². The lowest BCUT2D eigenvalue weighted by Gasteiger charge is -2.16. The van der Waals surface area contributed by atoms with Crippen LogP contribution in [-0.2, 0) is 9.59 Å². The number of amides is 2. The van der Waals surface area contributed by atoms with Crippen LogP contribution in [0.2, 0.25) is 0 Å². The van der Waals surface area contributed by atoms with Gasteiger partial charge in [-0.2, -0.15) is 0 Å². The third kappa shape index (κ3) is 6.07. The molecule has 2 aromatic carbocycles. The van der Waals surface area contributed by atoms with Crippen LogP contribution in [0.1, 0.15) is 47.8 Å². The van der Waals surface area contributed by atoms with Crippen molar-refractivity contribution in [3.05, 3.63) is 59.2 Å². The van der Waals surface area contributed by atoms with E-state index >= 15 is 0 Å². The summed E-state index contributed by atoms with van der Waals surface area (Å²) in [6.07, 6.45) is 0.407. The summed E-state index contributed by atoms with van der Waals surface area (Å²) in [5.74, 6) is -0.943. The first kappa shape index (κ1) is 21.9. The van der Waals surface area contributed by atoms with Crippen molar-refractivity contribution in [2.24, 2.45) is 5.92 Å². The number of anilines is 1. The highest BCUT2D eigenvalue weighted by Gasteiger charge is 2.23. The maximum absolute atomic E-state index is 12.6. The summed E-state index contributed by atoms with van der Waals surface area (Å²) in [6, 6.07) is 10.1. The van der Waals surface area contributed by atoms with Crippen molar-refractivity contribution in [3.8, 4) is 5.75 Å². The molecular formula is C22H26N2O5. The van der Waals surface area contributed by atoms with E-state index in [1.165, 1.54) is 7.11 Å². The van der Waals surface area contributed by atoms with Crippen LogP contribution >= 0.6 is 0 Å². The second-order valence-electron chi connectivity index (χ2n) is 7.19. The van der Waals surface area contributed by atoms with E-state index in [0.29, 0.717) is 34.5 Å². The van der Waals surface area contributed by atoms with E-state index in [-0.39, 0.29) is 11.8 Å². The second kappa shape index (κ2) is 9.73. The van der Waals surface area contributed by atoms with Crippen LogP contribution in [0.3, 0.4) is 0 Å². The first-order valence-corrected chi connectivity index (χ1v) is 9.29. The number of benzene rings is 2. The Morgan fingerprint density at radius 1 is 1.07 bits per heavy atom. The number of hydrogen-bond acceptors (Lipinski definition) is 4. The van der Waals surface area contributed by atoms with Gasteiger partial charge in [0.2, 0.25) is 5.91 Å². The van der Waals surface area contributed by atoms with Gasteiger partial charge in [-0.05, 0) is 54.3 Å². The molecule has 1 atom stereocenters. The van der Waals surface area contributed by atoms with Crippen molar-refractivity contribution in [1.82, 2.24) is 5.32 Å². The number of carboxylic acids is 1. The number of aliphatic carboxylic acids is 1. The van der Waals surface area contributed by atoms with Crippen molar-refractivity contribution < 1.29 is 24.2 Å². The van der Waals surface area contributed by atoms with E-state index < -0.39 is 17.9 Å². The predicted molar refractivity (Wildman–Crippen MR) is 110 cm³/mol. The van der Waals surface area contributed by atoms with Gasteiger partial charge in [-0.3, -0.25) is 9.59 Å². The van der Waals surface area contributed by atoms with Gasteiger partial charge in [-0.25, -0.2) is 4.79 Å². The molecule has 2 aromatic rings. The van der Waals surface area contributed by atoms with Crippen LogP contribution in [0.4, 0.5) is 5.69 Å². The zero-order valence-corrected chi connectivity index (χ0v) is 17.0. The number of methoxy groups -OCH3 is 1. The monoisotopic (exact) mass is 398 g/mol. The molecule has 0 aromatic heterocycles. The molecule has 29 heavy (non-hydrogen) atoms. The highest BCUT2D eigenvalue weighted by atomic mass is 16.5. The SMILES string of the molecule is COc1ccc(C(NC(=O)c2ccc(NC(=O)CC(C)C)c(C)c2)C(=O)O)cc1. The van der Waals surface area contributed by atoms with Gasteiger partial charge in [0.15, 0.2) is 6.04 Å². The Hall–Kier alpha value is -3.35. The Morgan fingerprint density at radius 3 is 2.24 bits per heavy atom. The topological polar surface area (TPSA) is 105 Å². The summed E-state index contributed by atoms with van der Waals surface area (Å²) in [4.78, 5) is 36.2. The number of carboxylic acid groups (broad SMARTS) is 1. The van der Waals surface area contributed by atoms with Gasteiger partial charge in [0.1, 0.15) is 5.75 Å². The first-order valence-electron chi connectivity index (χ1n) is 9.29. The van der Waals surface area contributed by atoms with Gasteiger partial charge in [0.05, 0.1) is 7.11 Å². The Balaban J connectivity index is 2.14. The summed E-state index contributed by atoms with van der Waals surface area (Å²) in [5, 5.41) is 14.9. The van der Waals surface area contributed by atoms with Gasteiger partial charge in [0.25, 0.3) is 5.91 Å². The number of hydrogen-bond donors (Lipinski definition) is 3. The molecule has 0 bridgehead atoms. The van der Waals surface area contributed by atoms with Crippen molar-refractivity contribution in [1.29, 1.82) is 0 Å². The van der Waals surface area contributed by atoms with Crippen LogP contribution in [0.25, 0.3) is 0 Å². The molecule has 3 N–H and O–H groups in total. The molecule has 0 fully saturated rings. The quantitative estimate of drug-likeness (QED) is 0.631. The van der Waals surface area contributed by atoms with E-state index in [9.17, 15) is 19.5 Å². The average Bonchev–Trinajstić information content (AvgIpc) is 2.66. The van der Waals surface area contributed by atoms with E-state index in [4.69, 9.17) is 4.74 Å². The van der Waals surface area contributed by atoms with Crippen molar-refractivity contribution in [2.75, 3.05) is 12.4 Å². The van der Waals surface area contributed by atoms with Gasteiger partial charge in [-0.15, -0.1) is 0 Å². The number of rotatable bonds is 8. The lowest BCUT2D eigenvalue weighted by molar-refractivity contribution is -0.139. The summed E-state index contributed by atoms with van der Waals surface area (Å²) < 4.78 is 5.07. The smallest absolute Gasteiger partial charge is 0.330 e.